The highest BCUT2D eigenvalue weighted by Crippen LogP contribution is 2.70. The number of esters is 1. The summed E-state index contributed by atoms with van der Waals surface area (Å²) in [5, 5.41) is 9.71. The first-order valence-corrected chi connectivity index (χ1v) is 8.42. The van der Waals surface area contributed by atoms with Crippen molar-refractivity contribution in [2.24, 2.45) is 23.2 Å². The van der Waals surface area contributed by atoms with Crippen LogP contribution >= 0.6 is 0 Å². The number of fused-ring (bicyclic) bond motifs is 2. The molecule has 4 nitrogen and oxygen atoms in total. The van der Waals surface area contributed by atoms with Gasteiger partial charge in [-0.15, -0.1) is 0 Å². The molecule has 1 N–H and O–H groups in total. The summed E-state index contributed by atoms with van der Waals surface area (Å²) >= 11 is 0. The Morgan fingerprint density at radius 1 is 1.55 bits per heavy atom. The maximum absolute atomic E-state index is 11.6. The first-order chi connectivity index (χ1) is 10.1. The number of carbonyl (C=O) groups is 1. The predicted molar refractivity (Wildman–Crippen MR) is 82.9 cm³/mol. The molecule has 3 aliphatic rings. The van der Waals surface area contributed by atoms with Gasteiger partial charge in [-0.05, 0) is 63.7 Å². The van der Waals surface area contributed by atoms with Crippen molar-refractivity contribution in [1.29, 1.82) is 0 Å². The standard InChI is InChI=1S/C18H28O4/c1-10(22-17(3,4)20)6-7-13-14-8-12-11(2)16(19)21-15(12)9-18(13,14)5/h10,12-15,20H,2,6-9H2,1,3-5H3/t10-,12+,13-,14-,15+,18+/m0/s1. The average Bonchev–Trinajstić information content (AvgIpc) is 2.84. The summed E-state index contributed by atoms with van der Waals surface area (Å²) in [7, 11) is 0. The van der Waals surface area contributed by atoms with Gasteiger partial charge in [0.2, 0.25) is 0 Å². The molecule has 0 spiro atoms. The molecule has 0 bridgehead atoms. The lowest BCUT2D eigenvalue weighted by molar-refractivity contribution is -0.202. The van der Waals surface area contributed by atoms with Crippen LogP contribution in [0.4, 0.5) is 0 Å². The second-order valence-corrected chi connectivity index (χ2v) is 8.19. The second kappa shape index (κ2) is 5.07. The Balaban J connectivity index is 1.54. The van der Waals surface area contributed by atoms with Crippen molar-refractivity contribution in [2.45, 2.75) is 71.4 Å². The molecule has 1 heterocycles. The van der Waals surface area contributed by atoms with Crippen LogP contribution in [0.1, 0.15) is 53.4 Å². The molecule has 0 aromatic carbocycles. The molecule has 0 radical (unpaired) electrons. The number of carbonyl (C=O) groups excluding carboxylic acids is 1. The summed E-state index contributed by atoms with van der Waals surface area (Å²) in [6.45, 7) is 11.6. The highest BCUT2D eigenvalue weighted by atomic mass is 16.6. The van der Waals surface area contributed by atoms with Crippen molar-refractivity contribution < 1.29 is 19.4 Å². The molecular formula is C18H28O4. The summed E-state index contributed by atoms with van der Waals surface area (Å²) in [5.74, 6) is 0.332. The normalized spacial score (nSPS) is 41.7. The second-order valence-electron chi connectivity index (χ2n) is 8.19. The summed E-state index contributed by atoms with van der Waals surface area (Å²) in [4.78, 5) is 11.6. The van der Waals surface area contributed by atoms with Crippen molar-refractivity contribution in [1.82, 2.24) is 0 Å². The van der Waals surface area contributed by atoms with E-state index in [4.69, 9.17) is 9.47 Å². The van der Waals surface area contributed by atoms with Crippen LogP contribution in [0.3, 0.4) is 0 Å². The molecule has 1 aliphatic heterocycles. The number of hydrogen-bond acceptors (Lipinski definition) is 4. The fraction of sp³-hybridized carbons (Fsp3) is 0.833. The van der Waals surface area contributed by atoms with Gasteiger partial charge in [0.1, 0.15) is 6.10 Å². The van der Waals surface area contributed by atoms with Crippen molar-refractivity contribution in [3.8, 4) is 0 Å². The summed E-state index contributed by atoms with van der Waals surface area (Å²) < 4.78 is 11.1. The van der Waals surface area contributed by atoms with Crippen LogP contribution in [0.2, 0.25) is 0 Å². The van der Waals surface area contributed by atoms with Crippen LogP contribution < -0.4 is 0 Å². The number of rotatable bonds is 5. The third-order valence-corrected chi connectivity index (χ3v) is 6.01. The maximum Gasteiger partial charge on any atom is 0.334 e. The van der Waals surface area contributed by atoms with Gasteiger partial charge in [-0.1, -0.05) is 13.5 Å². The predicted octanol–water partition coefficient (Wildman–Crippen LogP) is 3.04. The van der Waals surface area contributed by atoms with Crippen molar-refractivity contribution in [3.05, 3.63) is 12.2 Å². The molecule has 3 fully saturated rings. The zero-order valence-electron chi connectivity index (χ0n) is 14.1. The number of hydrogen-bond donors (Lipinski definition) is 1. The third-order valence-electron chi connectivity index (χ3n) is 6.01. The number of ether oxygens (including phenoxy) is 2. The van der Waals surface area contributed by atoms with Crippen LogP contribution in [0.25, 0.3) is 0 Å². The highest BCUT2D eigenvalue weighted by molar-refractivity contribution is 5.90. The molecule has 4 heteroatoms. The first-order valence-electron chi connectivity index (χ1n) is 8.42. The lowest BCUT2D eigenvalue weighted by Gasteiger charge is -2.27. The molecule has 22 heavy (non-hydrogen) atoms. The lowest BCUT2D eigenvalue weighted by atomic mass is 9.79. The molecular weight excluding hydrogens is 280 g/mol. The monoisotopic (exact) mass is 308 g/mol. The van der Waals surface area contributed by atoms with E-state index < -0.39 is 5.79 Å². The Kier molecular flexibility index (Phi) is 3.69. The van der Waals surface area contributed by atoms with Crippen LogP contribution in [0.15, 0.2) is 12.2 Å². The SMILES string of the molecule is C=C1C(=O)O[C@@H]2C[C@]3(C)[C@@H](CC[C@H](C)OC(C)(C)O)[C@@H]3C[C@H]12. The third kappa shape index (κ3) is 2.71. The van der Waals surface area contributed by atoms with Gasteiger partial charge >= 0.3 is 5.97 Å². The van der Waals surface area contributed by atoms with E-state index in [1.165, 1.54) is 0 Å². The molecule has 6 atom stereocenters. The van der Waals surface area contributed by atoms with Crippen LogP contribution in [0, 0.1) is 23.2 Å². The molecule has 0 amide bonds. The Labute approximate surface area is 132 Å². The average molecular weight is 308 g/mol. The van der Waals surface area contributed by atoms with Gasteiger partial charge in [0, 0.05) is 11.5 Å². The van der Waals surface area contributed by atoms with Crippen LogP contribution in [0.5, 0.6) is 0 Å². The molecule has 124 valence electrons. The Morgan fingerprint density at radius 2 is 2.23 bits per heavy atom. The quantitative estimate of drug-likeness (QED) is 0.482. The van der Waals surface area contributed by atoms with E-state index in [2.05, 4.69) is 13.5 Å². The van der Waals surface area contributed by atoms with Gasteiger partial charge in [0.15, 0.2) is 5.79 Å². The van der Waals surface area contributed by atoms with Gasteiger partial charge in [0.05, 0.1) is 6.10 Å². The van der Waals surface area contributed by atoms with Crippen molar-refractivity contribution in [3.63, 3.8) is 0 Å². The highest BCUT2D eigenvalue weighted by Gasteiger charge is 2.66. The summed E-state index contributed by atoms with van der Waals surface area (Å²) in [5.41, 5.74) is 0.983. The molecule has 2 saturated carbocycles. The van der Waals surface area contributed by atoms with Gasteiger partial charge in [-0.3, -0.25) is 0 Å². The lowest BCUT2D eigenvalue weighted by Crippen LogP contribution is -2.28. The Hall–Kier alpha value is -0.870. The topological polar surface area (TPSA) is 55.8 Å². The maximum atomic E-state index is 11.6. The van der Waals surface area contributed by atoms with Gasteiger partial charge in [-0.2, -0.15) is 0 Å². The van der Waals surface area contributed by atoms with E-state index in [0.717, 1.165) is 25.7 Å². The van der Waals surface area contributed by atoms with Crippen molar-refractivity contribution in [2.75, 3.05) is 0 Å². The van der Waals surface area contributed by atoms with E-state index in [9.17, 15) is 9.90 Å². The van der Waals surface area contributed by atoms with E-state index in [-0.39, 0.29) is 24.1 Å². The summed E-state index contributed by atoms with van der Waals surface area (Å²) in [6.07, 6.45) is 4.18. The minimum absolute atomic E-state index is 0.0521. The largest absolute Gasteiger partial charge is 0.458 e. The summed E-state index contributed by atoms with van der Waals surface area (Å²) in [6, 6.07) is 0. The fourth-order valence-corrected chi connectivity index (χ4v) is 4.85. The van der Waals surface area contributed by atoms with Crippen molar-refractivity contribution >= 4 is 5.97 Å². The zero-order valence-corrected chi connectivity index (χ0v) is 14.1. The molecule has 1 saturated heterocycles. The van der Waals surface area contributed by atoms with Gasteiger partial charge < -0.3 is 14.6 Å². The van der Waals surface area contributed by atoms with Gasteiger partial charge in [-0.25, -0.2) is 4.79 Å². The minimum Gasteiger partial charge on any atom is -0.458 e. The van der Waals surface area contributed by atoms with Crippen LogP contribution in [-0.2, 0) is 14.3 Å². The molecule has 0 unspecified atom stereocenters. The first kappa shape index (κ1) is 16.0. The molecule has 2 aliphatic carbocycles. The van der Waals surface area contributed by atoms with E-state index in [1.54, 1.807) is 13.8 Å². The Morgan fingerprint density at radius 3 is 2.86 bits per heavy atom. The van der Waals surface area contributed by atoms with Crippen LogP contribution in [-0.4, -0.2) is 29.1 Å². The van der Waals surface area contributed by atoms with E-state index in [0.29, 0.717) is 22.8 Å². The minimum atomic E-state index is -1.07. The molecule has 0 aromatic heterocycles. The van der Waals surface area contributed by atoms with E-state index >= 15 is 0 Å². The number of aliphatic hydroxyl groups is 1. The fourth-order valence-electron chi connectivity index (χ4n) is 4.85. The zero-order chi connectivity index (χ0) is 16.3. The smallest absolute Gasteiger partial charge is 0.334 e. The van der Waals surface area contributed by atoms with E-state index in [1.807, 2.05) is 6.92 Å². The Bertz CT molecular complexity index is 492. The molecule has 0 aromatic rings. The van der Waals surface area contributed by atoms with Gasteiger partial charge in [0.25, 0.3) is 0 Å². The molecule has 3 rings (SSSR count).